The van der Waals surface area contributed by atoms with Gasteiger partial charge in [0, 0.05) is 4.47 Å². The van der Waals surface area contributed by atoms with E-state index in [0.29, 0.717) is 0 Å². The lowest BCUT2D eigenvalue weighted by Gasteiger charge is -2.08. The maximum Gasteiger partial charge on any atom is 0.119 e. The summed E-state index contributed by atoms with van der Waals surface area (Å²) in [4.78, 5) is 0. The van der Waals surface area contributed by atoms with Gasteiger partial charge in [-0.15, -0.1) is 0 Å². The molecular weight excluding hydrogens is 302 g/mol. The zero-order valence-corrected chi connectivity index (χ0v) is 12.9. The fraction of sp³-hybridized carbons (Fsp3) is 0.375. The number of fused-ring (bicyclic) bond motifs is 1. The van der Waals surface area contributed by atoms with Crippen LogP contribution in [0.3, 0.4) is 0 Å². The summed E-state index contributed by atoms with van der Waals surface area (Å²) < 4.78 is 6.88. The van der Waals surface area contributed by atoms with Crippen LogP contribution in [0.2, 0.25) is 0 Å². The maximum atomic E-state index is 5.77. The van der Waals surface area contributed by atoms with Crippen LogP contribution in [0.25, 0.3) is 10.8 Å². The van der Waals surface area contributed by atoms with Crippen LogP contribution in [-0.2, 0) is 0 Å². The first kappa shape index (κ1) is 14.4. The van der Waals surface area contributed by atoms with Gasteiger partial charge in [0.05, 0.1) is 6.61 Å². The summed E-state index contributed by atoms with van der Waals surface area (Å²) in [6.45, 7) is 5.05. The molecule has 0 heterocycles. The Hall–Kier alpha value is -1.06. The summed E-state index contributed by atoms with van der Waals surface area (Å²) >= 11 is 3.48. The number of benzene rings is 2. The van der Waals surface area contributed by atoms with Crippen LogP contribution in [-0.4, -0.2) is 19.7 Å². The largest absolute Gasteiger partial charge is 0.494 e. The Kier molecular flexibility index (Phi) is 5.67. The second-order valence-electron chi connectivity index (χ2n) is 4.61. The first-order valence-corrected chi connectivity index (χ1v) is 7.62. The summed E-state index contributed by atoms with van der Waals surface area (Å²) in [6, 6.07) is 12.5. The van der Waals surface area contributed by atoms with Crippen LogP contribution in [0.15, 0.2) is 40.9 Å². The van der Waals surface area contributed by atoms with E-state index in [2.05, 4.69) is 58.5 Å². The molecule has 0 radical (unpaired) electrons. The number of hydrogen-bond acceptors (Lipinski definition) is 2. The fourth-order valence-electron chi connectivity index (χ4n) is 1.97. The first-order valence-electron chi connectivity index (χ1n) is 6.82. The van der Waals surface area contributed by atoms with Crippen molar-refractivity contribution < 1.29 is 4.74 Å². The molecule has 3 heteroatoms. The molecule has 0 aromatic heterocycles. The van der Waals surface area contributed by atoms with Crippen LogP contribution in [0.4, 0.5) is 0 Å². The molecule has 0 amide bonds. The van der Waals surface area contributed by atoms with Crippen molar-refractivity contribution in [2.75, 3.05) is 19.7 Å². The molecular formula is C16H20BrNO. The highest BCUT2D eigenvalue weighted by molar-refractivity contribution is 9.10. The molecule has 2 aromatic rings. The predicted octanol–water partition coefficient (Wildman–Crippen LogP) is 4.37. The van der Waals surface area contributed by atoms with Crippen molar-refractivity contribution in [1.82, 2.24) is 5.32 Å². The molecule has 2 nitrogen and oxygen atoms in total. The normalized spacial score (nSPS) is 10.8. The summed E-state index contributed by atoms with van der Waals surface area (Å²) in [7, 11) is 0. The van der Waals surface area contributed by atoms with E-state index < -0.39 is 0 Å². The van der Waals surface area contributed by atoms with Crippen molar-refractivity contribution in [3.63, 3.8) is 0 Å². The van der Waals surface area contributed by atoms with Gasteiger partial charge >= 0.3 is 0 Å². The van der Waals surface area contributed by atoms with Gasteiger partial charge in [-0.05, 0) is 61.0 Å². The minimum Gasteiger partial charge on any atom is -0.494 e. The highest BCUT2D eigenvalue weighted by Crippen LogP contribution is 2.24. The monoisotopic (exact) mass is 321 g/mol. The average molecular weight is 322 g/mol. The van der Waals surface area contributed by atoms with Crippen molar-refractivity contribution in [2.24, 2.45) is 0 Å². The van der Waals surface area contributed by atoms with Crippen molar-refractivity contribution >= 4 is 26.7 Å². The highest BCUT2D eigenvalue weighted by Gasteiger charge is 1.98. The molecule has 0 unspecified atom stereocenters. The van der Waals surface area contributed by atoms with Gasteiger partial charge in [0.1, 0.15) is 5.75 Å². The Morgan fingerprint density at radius 3 is 2.68 bits per heavy atom. The number of rotatable bonds is 7. The number of hydrogen-bond donors (Lipinski definition) is 1. The molecule has 0 aliphatic heterocycles. The van der Waals surface area contributed by atoms with Crippen molar-refractivity contribution in [2.45, 2.75) is 19.8 Å². The van der Waals surface area contributed by atoms with Crippen molar-refractivity contribution in [1.29, 1.82) is 0 Å². The molecule has 2 rings (SSSR count). The molecule has 0 aliphatic rings. The smallest absolute Gasteiger partial charge is 0.119 e. The molecule has 0 bridgehead atoms. The van der Waals surface area contributed by atoms with E-state index in [-0.39, 0.29) is 0 Å². The lowest BCUT2D eigenvalue weighted by atomic mass is 10.1. The van der Waals surface area contributed by atoms with Gasteiger partial charge in [-0.25, -0.2) is 0 Å². The van der Waals surface area contributed by atoms with Gasteiger partial charge in [0.2, 0.25) is 0 Å². The third-order valence-corrected chi connectivity index (χ3v) is 3.46. The standard InChI is InChI=1S/C16H20BrNO/c1-2-8-18-9-3-10-19-16-7-5-13-11-15(17)6-4-14(13)12-16/h4-7,11-12,18H,2-3,8-10H2,1H3. The Morgan fingerprint density at radius 1 is 1.05 bits per heavy atom. The number of ether oxygens (including phenoxy) is 1. The number of nitrogens with one attached hydrogen (secondary N) is 1. The maximum absolute atomic E-state index is 5.77. The van der Waals surface area contributed by atoms with Gasteiger partial charge in [-0.2, -0.15) is 0 Å². The predicted molar refractivity (Wildman–Crippen MR) is 84.9 cm³/mol. The van der Waals surface area contributed by atoms with Crippen molar-refractivity contribution in [3.05, 3.63) is 40.9 Å². The summed E-state index contributed by atoms with van der Waals surface area (Å²) in [5.41, 5.74) is 0. The summed E-state index contributed by atoms with van der Waals surface area (Å²) in [6.07, 6.45) is 2.22. The highest BCUT2D eigenvalue weighted by atomic mass is 79.9. The van der Waals surface area contributed by atoms with E-state index in [4.69, 9.17) is 4.74 Å². The minimum absolute atomic E-state index is 0.763. The van der Waals surface area contributed by atoms with Gasteiger partial charge in [-0.1, -0.05) is 35.0 Å². The zero-order chi connectivity index (χ0) is 13.5. The molecule has 0 atom stereocenters. The zero-order valence-electron chi connectivity index (χ0n) is 11.3. The van der Waals surface area contributed by atoms with E-state index >= 15 is 0 Å². The van der Waals surface area contributed by atoms with Gasteiger partial charge < -0.3 is 10.1 Å². The van der Waals surface area contributed by atoms with Gasteiger partial charge in [0.25, 0.3) is 0 Å². The molecule has 0 saturated carbocycles. The molecule has 19 heavy (non-hydrogen) atoms. The molecule has 1 N–H and O–H groups in total. The Bertz CT molecular complexity index is 527. The number of halogens is 1. The van der Waals surface area contributed by atoms with E-state index in [1.54, 1.807) is 0 Å². The topological polar surface area (TPSA) is 21.3 Å². The third kappa shape index (κ3) is 4.51. The lowest BCUT2D eigenvalue weighted by Crippen LogP contribution is -2.18. The molecule has 0 aliphatic carbocycles. The Balaban J connectivity index is 1.86. The summed E-state index contributed by atoms with van der Waals surface area (Å²) in [5, 5.41) is 5.81. The molecule has 0 spiro atoms. The van der Waals surface area contributed by atoms with E-state index in [9.17, 15) is 0 Å². The van der Waals surface area contributed by atoms with Crippen LogP contribution in [0, 0.1) is 0 Å². The van der Waals surface area contributed by atoms with E-state index in [1.165, 1.54) is 17.2 Å². The van der Waals surface area contributed by atoms with E-state index in [1.807, 2.05) is 6.07 Å². The second kappa shape index (κ2) is 7.51. The lowest BCUT2D eigenvalue weighted by molar-refractivity contribution is 0.308. The molecule has 102 valence electrons. The van der Waals surface area contributed by atoms with Gasteiger partial charge in [0.15, 0.2) is 0 Å². The van der Waals surface area contributed by atoms with Crippen LogP contribution in [0.5, 0.6) is 5.75 Å². The Labute approximate surface area is 123 Å². The molecule has 0 saturated heterocycles. The summed E-state index contributed by atoms with van der Waals surface area (Å²) in [5.74, 6) is 0.949. The Morgan fingerprint density at radius 2 is 1.84 bits per heavy atom. The first-order chi connectivity index (χ1) is 9.29. The second-order valence-corrected chi connectivity index (χ2v) is 5.52. The van der Waals surface area contributed by atoms with Crippen LogP contribution < -0.4 is 10.1 Å². The molecule has 2 aromatic carbocycles. The SMILES string of the molecule is CCCNCCCOc1ccc2cc(Br)ccc2c1. The third-order valence-electron chi connectivity index (χ3n) is 2.97. The average Bonchev–Trinajstić information content (AvgIpc) is 2.43. The van der Waals surface area contributed by atoms with Crippen LogP contribution >= 0.6 is 15.9 Å². The quantitative estimate of drug-likeness (QED) is 0.764. The van der Waals surface area contributed by atoms with Gasteiger partial charge in [-0.3, -0.25) is 0 Å². The molecule has 0 fully saturated rings. The van der Waals surface area contributed by atoms with Crippen LogP contribution in [0.1, 0.15) is 19.8 Å². The van der Waals surface area contributed by atoms with Crippen molar-refractivity contribution in [3.8, 4) is 5.75 Å². The minimum atomic E-state index is 0.763. The fourth-order valence-corrected chi connectivity index (χ4v) is 2.35. The van der Waals surface area contributed by atoms with E-state index in [0.717, 1.165) is 36.3 Å².